The molecule has 1 aromatic heterocycles. The van der Waals surface area contributed by atoms with E-state index in [1.54, 1.807) is 19.1 Å². The number of carbonyl (C=O) groups excluding carboxylic acids is 2. The van der Waals surface area contributed by atoms with E-state index >= 15 is 0 Å². The highest BCUT2D eigenvalue weighted by Gasteiger charge is 2.14. The summed E-state index contributed by atoms with van der Waals surface area (Å²) in [6.45, 7) is 3.96. The Morgan fingerprint density at radius 1 is 1.33 bits per heavy atom. The second kappa shape index (κ2) is 6.32. The molecule has 2 rings (SSSR count). The molecule has 1 atom stereocenters. The van der Waals surface area contributed by atoms with Crippen molar-refractivity contribution in [1.29, 1.82) is 0 Å². The summed E-state index contributed by atoms with van der Waals surface area (Å²) in [7, 11) is 0. The molecule has 0 fully saturated rings. The van der Waals surface area contributed by atoms with Gasteiger partial charge in [-0.05, 0) is 26.0 Å². The van der Waals surface area contributed by atoms with Crippen LogP contribution in [0.4, 0.5) is 5.82 Å². The summed E-state index contributed by atoms with van der Waals surface area (Å²) in [5.74, 6) is -0.232. The Labute approximate surface area is 122 Å². The molecule has 0 bridgehead atoms. The van der Waals surface area contributed by atoms with Crippen LogP contribution in [-0.4, -0.2) is 29.4 Å². The highest BCUT2D eigenvalue weighted by molar-refractivity contribution is 6.07. The molecule has 0 aliphatic rings. The Morgan fingerprint density at radius 3 is 2.71 bits per heavy atom. The summed E-state index contributed by atoms with van der Waals surface area (Å²) in [5, 5.41) is 6.11. The third kappa shape index (κ3) is 3.35. The van der Waals surface area contributed by atoms with Crippen molar-refractivity contribution < 1.29 is 9.59 Å². The van der Waals surface area contributed by atoms with Crippen molar-refractivity contribution in [3.63, 3.8) is 0 Å². The first-order valence-electron chi connectivity index (χ1n) is 6.77. The van der Waals surface area contributed by atoms with Gasteiger partial charge in [0.25, 0.3) is 5.91 Å². The van der Waals surface area contributed by atoms with E-state index < -0.39 is 6.04 Å². The maximum Gasteiger partial charge on any atom is 0.252 e. The fourth-order valence-electron chi connectivity index (χ4n) is 1.92. The fraction of sp³-hybridized carbons (Fsp3) is 0.267. The van der Waals surface area contributed by atoms with E-state index in [4.69, 9.17) is 5.73 Å². The number of nitrogens with one attached hydrogen (secondary N) is 2. The van der Waals surface area contributed by atoms with Crippen LogP contribution in [0.2, 0.25) is 0 Å². The number of nitrogens with two attached hydrogens (primary N) is 1. The van der Waals surface area contributed by atoms with Gasteiger partial charge in [-0.2, -0.15) is 0 Å². The molecule has 0 aliphatic heterocycles. The average molecular weight is 286 g/mol. The number of carbonyl (C=O) groups is 2. The number of pyridine rings is 1. The van der Waals surface area contributed by atoms with Gasteiger partial charge in [0, 0.05) is 11.9 Å². The normalized spacial score (nSPS) is 12.0. The van der Waals surface area contributed by atoms with Crippen molar-refractivity contribution in [2.45, 2.75) is 19.9 Å². The van der Waals surface area contributed by atoms with Crippen LogP contribution < -0.4 is 16.4 Å². The summed E-state index contributed by atoms with van der Waals surface area (Å²) in [6, 6.07) is 8.20. The quantitative estimate of drug-likeness (QED) is 0.788. The summed E-state index contributed by atoms with van der Waals surface area (Å²) < 4.78 is 0. The van der Waals surface area contributed by atoms with Crippen molar-refractivity contribution in [3.8, 4) is 0 Å². The van der Waals surface area contributed by atoms with Gasteiger partial charge in [0.15, 0.2) is 0 Å². The molecule has 1 unspecified atom stereocenters. The molecule has 0 saturated heterocycles. The SMILES string of the molecule is CCNC(=O)c1cc(NC(=O)C(C)N)nc2ccccc12. The number of amides is 2. The lowest BCUT2D eigenvalue weighted by atomic mass is 10.1. The molecule has 2 amide bonds. The molecule has 0 aliphatic carbocycles. The zero-order valence-corrected chi connectivity index (χ0v) is 12.0. The molecular weight excluding hydrogens is 268 g/mol. The molecule has 0 spiro atoms. The predicted octanol–water partition coefficient (Wildman–Crippen LogP) is 1.27. The van der Waals surface area contributed by atoms with Gasteiger partial charge in [-0.25, -0.2) is 4.98 Å². The largest absolute Gasteiger partial charge is 0.352 e. The number of nitrogens with zero attached hydrogens (tertiary/aromatic N) is 1. The number of anilines is 1. The maximum absolute atomic E-state index is 12.2. The van der Waals surface area contributed by atoms with E-state index in [1.807, 2.05) is 25.1 Å². The first kappa shape index (κ1) is 14.9. The van der Waals surface area contributed by atoms with E-state index in [1.165, 1.54) is 0 Å². The van der Waals surface area contributed by atoms with Gasteiger partial charge in [-0.1, -0.05) is 18.2 Å². The van der Waals surface area contributed by atoms with E-state index in [2.05, 4.69) is 15.6 Å². The lowest BCUT2D eigenvalue weighted by Crippen LogP contribution is -2.33. The molecule has 2 aromatic rings. The van der Waals surface area contributed by atoms with Crippen molar-refractivity contribution in [2.24, 2.45) is 5.73 Å². The van der Waals surface area contributed by atoms with E-state index in [-0.39, 0.29) is 11.8 Å². The Kier molecular flexibility index (Phi) is 4.49. The summed E-state index contributed by atoms with van der Waals surface area (Å²) in [4.78, 5) is 28.2. The standard InChI is InChI=1S/C15H18N4O2/c1-3-17-15(21)11-8-13(19-14(20)9(2)16)18-12-7-5-4-6-10(11)12/h4-9H,3,16H2,1-2H3,(H,17,21)(H,18,19,20). The molecule has 1 heterocycles. The zero-order valence-electron chi connectivity index (χ0n) is 12.0. The number of rotatable bonds is 4. The van der Waals surface area contributed by atoms with Gasteiger partial charge in [-0.15, -0.1) is 0 Å². The monoisotopic (exact) mass is 286 g/mol. The van der Waals surface area contributed by atoms with Gasteiger partial charge >= 0.3 is 0 Å². The number of fused-ring (bicyclic) bond motifs is 1. The van der Waals surface area contributed by atoms with Crippen LogP contribution in [0.15, 0.2) is 30.3 Å². The third-order valence-electron chi connectivity index (χ3n) is 2.96. The number of benzene rings is 1. The molecule has 1 aromatic carbocycles. The molecule has 6 nitrogen and oxygen atoms in total. The predicted molar refractivity (Wildman–Crippen MR) is 82.0 cm³/mol. The van der Waals surface area contributed by atoms with Gasteiger partial charge in [0.1, 0.15) is 5.82 Å². The number of aromatic nitrogens is 1. The van der Waals surface area contributed by atoms with Crippen molar-refractivity contribution in [1.82, 2.24) is 10.3 Å². The van der Waals surface area contributed by atoms with Gasteiger partial charge in [0.2, 0.25) is 5.91 Å². The molecular formula is C15H18N4O2. The minimum atomic E-state index is -0.647. The second-order valence-electron chi connectivity index (χ2n) is 4.71. The second-order valence-corrected chi connectivity index (χ2v) is 4.71. The lowest BCUT2D eigenvalue weighted by molar-refractivity contribution is -0.117. The fourth-order valence-corrected chi connectivity index (χ4v) is 1.92. The maximum atomic E-state index is 12.2. The Morgan fingerprint density at radius 2 is 2.05 bits per heavy atom. The van der Waals surface area contributed by atoms with Crippen molar-refractivity contribution in [3.05, 3.63) is 35.9 Å². The van der Waals surface area contributed by atoms with Crippen LogP contribution in [0.5, 0.6) is 0 Å². The molecule has 0 radical (unpaired) electrons. The topological polar surface area (TPSA) is 97.1 Å². The van der Waals surface area contributed by atoms with E-state index in [0.717, 1.165) is 5.39 Å². The summed E-state index contributed by atoms with van der Waals surface area (Å²) in [5.41, 5.74) is 6.64. The highest BCUT2D eigenvalue weighted by Crippen LogP contribution is 2.20. The van der Waals surface area contributed by atoms with E-state index in [0.29, 0.717) is 23.4 Å². The first-order valence-corrected chi connectivity index (χ1v) is 6.77. The van der Waals surface area contributed by atoms with Crippen LogP contribution in [0.25, 0.3) is 10.9 Å². The minimum absolute atomic E-state index is 0.201. The van der Waals surface area contributed by atoms with Crippen LogP contribution in [0.3, 0.4) is 0 Å². The Hall–Kier alpha value is -2.47. The van der Waals surface area contributed by atoms with Gasteiger partial charge in [0.05, 0.1) is 17.1 Å². The lowest BCUT2D eigenvalue weighted by Gasteiger charge is -2.11. The van der Waals surface area contributed by atoms with Gasteiger partial charge in [-0.3, -0.25) is 9.59 Å². The van der Waals surface area contributed by atoms with Crippen LogP contribution in [0.1, 0.15) is 24.2 Å². The number of para-hydroxylation sites is 1. The van der Waals surface area contributed by atoms with Gasteiger partial charge < -0.3 is 16.4 Å². The average Bonchev–Trinajstić information content (AvgIpc) is 2.46. The Balaban J connectivity index is 2.49. The smallest absolute Gasteiger partial charge is 0.252 e. The number of hydrogen-bond donors (Lipinski definition) is 3. The minimum Gasteiger partial charge on any atom is -0.352 e. The summed E-state index contributed by atoms with van der Waals surface area (Å²) in [6.07, 6.45) is 0. The molecule has 0 saturated carbocycles. The highest BCUT2D eigenvalue weighted by atomic mass is 16.2. The zero-order chi connectivity index (χ0) is 15.4. The van der Waals surface area contributed by atoms with Crippen LogP contribution in [-0.2, 0) is 4.79 Å². The molecule has 110 valence electrons. The molecule has 4 N–H and O–H groups in total. The van der Waals surface area contributed by atoms with Crippen molar-refractivity contribution in [2.75, 3.05) is 11.9 Å². The summed E-state index contributed by atoms with van der Waals surface area (Å²) >= 11 is 0. The number of hydrogen-bond acceptors (Lipinski definition) is 4. The van der Waals surface area contributed by atoms with E-state index in [9.17, 15) is 9.59 Å². The molecule has 6 heteroatoms. The van der Waals surface area contributed by atoms with Crippen molar-refractivity contribution >= 4 is 28.5 Å². The van der Waals surface area contributed by atoms with Crippen LogP contribution >= 0.6 is 0 Å². The first-order chi connectivity index (χ1) is 10.0. The Bertz CT molecular complexity index is 682. The van der Waals surface area contributed by atoms with Crippen LogP contribution in [0, 0.1) is 0 Å². The molecule has 21 heavy (non-hydrogen) atoms. The third-order valence-corrected chi connectivity index (χ3v) is 2.96.